The first kappa shape index (κ1) is 6.84. The molecule has 6 nitrogen and oxygen atoms in total. The summed E-state index contributed by atoms with van der Waals surface area (Å²) in [6.45, 7) is 1.83. The molecule has 4 N–H and O–H groups in total. The molecule has 2 aromatic heterocycles. The van der Waals surface area contributed by atoms with E-state index in [0.717, 1.165) is 5.56 Å². The van der Waals surface area contributed by atoms with Crippen molar-refractivity contribution < 1.29 is 0 Å². The Morgan fingerprint density at radius 2 is 2.17 bits per heavy atom. The third-order valence-corrected chi connectivity index (χ3v) is 1.72. The summed E-state index contributed by atoms with van der Waals surface area (Å²) in [5, 5.41) is 3.88. The van der Waals surface area contributed by atoms with Gasteiger partial charge in [-0.15, -0.1) is 0 Å². The molecule has 0 saturated heterocycles. The molecule has 62 valence electrons. The molecule has 0 aromatic carbocycles. The molecule has 0 radical (unpaired) electrons. The third-order valence-electron chi connectivity index (χ3n) is 1.72. The minimum atomic E-state index is 0.255. The van der Waals surface area contributed by atoms with Crippen molar-refractivity contribution in [3.8, 4) is 0 Å². The molecule has 12 heavy (non-hydrogen) atoms. The molecule has 0 spiro atoms. The summed E-state index contributed by atoms with van der Waals surface area (Å²) in [5.74, 6) is 0.651. The number of hydrogen-bond acceptors (Lipinski definition) is 5. The SMILES string of the molecule is Cc1c(N)nc(N)n2ncnc12. The maximum Gasteiger partial charge on any atom is 0.225 e. The molecular weight excluding hydrogens is 156 g/mol. The zero-order valence-electron chi connectivity index (χ0n) is 6.52. The Labute approximate surface area is 68.2 Å². The van der Waals surface area contributed by atoms with Crippen LogP contribution in [0.3, 0.4) is 0 Å². The second-order valence-corrected chi connectivity index (χ2v) is 2.48. The van der Waals surface area contributed by atoms with E-state index in [2.05, 4.69) is 15.1 Å². The monoisotopic (exact) mass is 164 g/mol. The number of fused-ring (bicyclic) bond motifs is 1. The van der Waals surface area contributed by atoms with Crippen molar-refractivity contribution in [3.63, 3.8) is 0 Å². The van der Waals surface area contributed by atoms with Crippen molar-refractivity contribution in [1.29, 1.82) is 0 Å². The fraction of sp³-hybridized carbons (Fsp3) is 0.167. The number of rotatable bonds is 0. The van der Waals surface area contributed by atoms with Gasteiger partial charge in [0, 0.05) is 5.56 Å². The van der Waals surface area contributed by atoms with Crippen molar-refractivity contribution in [3.05, 3.63) is 11.9 Å². The molecule has 0 fully saturated rings. The predicted octanol–water partition coefficient (Wildman–Crippen LogP) is -0.403. The number of nitrogens with two attached hydrogens (primary N) is 2. The highest BCUT2D eigenvalue weighted by Gasteiger charge is 2.07. The summed E-state index contributed by atoms with van der Waals surface area (Å²) in [5.41, 5.74) is 12.6. The highest BCUT2D eigenvalue weighted by atomic mass is 15.3. The summed E-state index contributed by atoms with van der Waals surface area (Å²) in [6, 6.07) is 0. The maximum absolute atomic E-state index is 5.57. The summed E-state index contributed by atoms with van der Waals surface area (Å²) < 4.78 is 1.45. The molecule has 0 amide bonds. The number of aromatic nitrogens is 4. The van der Waals surface area contributed by atoms with Gasteiger partial charge >= 0.3 is 0 Å². The third kappa shape index (κ3) is 0.714. The van der Waals surface area contributed by atoms with E-state index in [1.165, 1.54) is 10.8 Å². The van der Waals surface area contributed by atoms with Crippen LogP contribution in [0.2, 0.25) is 0 Å². The van der Waals surface area contributed by atoms with Gasteiger partial charge in [-0.2, -0.15) is 14.6 Å². The van der Waals surface area contributed by atoms with Crippen LogP contribution in [-0.4, -0.2) is 19.6 Å². The lowest BCUT2D eigenvalue weighted by molar-refractivity contribution is 0.935. The fourth-order valence-corrected chi connectivity index (χ4v) is 1.03. The van der Waals surface area contributed by atoms with Crippen LogP contribution < -0.4 is 11.5 Å². The molecule has 0 unspecified atom stereocenters. The maximum atomic E-state index is 5.57. The first-order valence-electron chi connectivity index (χ1n) is 3.41. The van der Waals surface area contributed by atoms with E-state index in [1.807, 2.05) is 6.92 Å². The molecule has 0 aliphatic rings. The van der Waals surface area contributed by atoms with E-state index >= 15 is 0 Å². The minimum Gasteiger partial charge on any atom is -0.383 e. The van der Waals surface area contributed by atoms with Gasteiger partial charge in [-0.3, -0.25) is 0 Å². The number of hydrogen-bond donors (Lipinski definition) is 2. The number of nitrogen functional groups attached to an aromatic ring is 2. The van der Waals surface area contributed by atoms with Crippen LogP contribution in [0.1, 0.15) is 5.56 Å². The Morgan fingerprint density at radius 1 is 1.42 bits per heavy atom. The van der Waals surface area contributed by atoms with E-state index in [1.54, 1.807) is 0 Å². The molecule has 0 atom stereocenters. The molecule has 2 aromatic rings. The van der Waals surface area contributed by atoms with Crippen molar-refractivity contribution in [2.45, 2.75) is 6.92 Å². The van der Waals surface area contributed by atoms with Crippen molar-refractivity contribution in [1.82, 2.24) is 19.6 Å². The Balaban J connectivity index is 2.97. The topological polar surface area (TPSA) is 95.1 Å². The van der Waals surface area contributed by atoms with Gasteiger partial charge in [0.1, 0.15) is 12.1 Å². The number of anilines is 2. The van der Waals surface area contributed by atoms with Gasteiger partial charge in [-0.25, -0.2) is 4.98 Å². The van der Waals surface area contributed by atoms with Gasteiger partial charge in [0.15, 0.2) is 5.65 Å². The van der Waals surface area contributed by atoms with E-state index in [-0.39, 0.29) is 5.95 Å². The van der Waals surface area contributed by atoms with Crippen LogP contribution in [0.5, 0.6) is 0 Å². The van der Waals surface area contributed by atoms with Crippen LogP contribution in [0.25, 0.3) is 5.65 Å². The highest BCUT2D eigenvalue weighted by Crippen LogP contribution is 2.14. The summed E-state index contributed by atoms with van der Waals surface area (Å²) in [4.78, 5) is 7.88. The first-order chi connectivity index (χ1) is 5.70. The summed E-state index contributed by atoms with van der Waals surface area (Å²) in [6.07, 6.45) is 1.42. The van der Waals surface area contributed by atoms with Gasteiger partial charge in [0.2, 0.25) is 5.95 Å². The van der Waals surface area contributed by atoms with Crippen LogP contribution in [0, 0.1) is 6.92 Å². The largest absolute Gasteiger partial charge is 0.383 e. The molecule has 0 saturated carbocycles. The standard InChI is InChI=1S/C6H8N6/c1-3-4(7)11-6(8)12-5(3)9-2-10-12/h2H,7H2,1H3,(H2,8,11). The second kappa shape index (κ2) is 2.07. The Hall–Kier alpha value is -1.85. The first-order valence-corrected chi connectivity index (χ1v) is 3.41. The van der Waals surface area contributed by atoms with E-state index in [0.29, 0.717) is 11.5 Å². The van der Waals surface area contributed by atoms with Crippen LogP contribution >= 0.6 is 0 Å². The Kier molecular flexibility index (Phi) is 1.18. The molecular formula is C6H8N6. The van der Waals surface area contributed by atoms with Crippen LogP contribution in [0.15, 0.2) is 6.33 Å². The molecule has 6 heteroatoms. The minimum absolute atomic E-state index is 0.255. The van der Waals surface area contributed by atoms with Gasteiger partial charge in [-0.05, 0) is 6.92 Å². The van der Waals surface area contributed by atoms with Crippen molar-refractivity contribution >= 4 is 17.4 Å². The average molecular weight is 164 g/mol. The smallest absolute Gasteiger partial charge is 0.225 e. The molecule has 2 heterocycles. The van der Waals surface area contributed by atoms with Crippen molar-refractivity contribution in [2.75, 3.05) is 11.5 Å². The van der Waals surface area contributed by atoms with Gasteiger partial charge in [0.05, 0.1) is 0 Å². The number of aryl methyl sites for hydroxylation is 1. The summed E-state index contributed by atoms with van der Waals surface area (Å²) >= 11 is 0. The van der Waals surface area contributed by atoms with Gasteiger partial charge < -0.3 is 11.5 Å². The van der Waals surface area contributed by atoms with E-state index in [9.17, 15) is 0 Å². The molecule has 0 aliphatic carbocycles. The molecule has 0 aliphatic heterocycles. The molecule has 0 bridgehead atoms. The lowest BCUT2D eigenvalue weighted by Gasteiger charge is -2.02. The fourth-order valence-electron chi connectivity index (χ4n) is 1.03. The van der Waals surface area contributed by atoms with Crippen LogP contribution in [0.4, 0.5) is 11.8 Å². The number of nitrogens with zero attached hydrogens (tertiary/aromatic N) is 4. The normalized spacial score (nSPS) is 10.8. The van der Waals surface area contributed by atoms with Gasteiger partial charge in [0.25, 0.3) is 0 Å². The van der Waals surface area contributed by atoms with Crippen LogP contribution in [-0.2, 0) is 0 Å². The van der Waals surface area contributed by atoms with Gasteiger partial charge in [-0.1, -0.05) is 0 Å². The predicted molar refractivity (Wildman–Crippen MR) is 44.3 cm³/mol. The Bertz CT molecular complexity index is 431. The second-order valence-electron chi connectivity index (χ2n) is 2.48. The Morgan fingerprint density at radius 3 is 2.92 bits per heavy atom. The van der Waals surface area contributed by atoms with Crippen molar-refractivity contribution in [2.24, 2.45) is 0 Å². The molecule has 2 rings (SSSR count). The lowest BCUT2D eigenvalue weighted by Crippen LogP contribution is -2.06. The quantitative estimate of drug-likeness (QED) is 0.552. The zero-order chi connectivity index (χ0) is 8.72. The highest BCUT2D eigenvalue weighted by molar-refractivity contribution is 5.59. The lowest BCUT2D eigenvalue weighted by atomic mass is 10.3. The van der Waals surface area contributed by atoms with E-state index < -0.39 is 0 Å². The van der Waals surface area contributed by atoms with E-state index in [4.69, 9.17) is 11.5 Å². The zero-order valence-corrected chi connectivity index (χ0v) is 6.52. The average Bonchev–Trinajstić information content (AvgIpc) is 2.48. The summed E-state index contributed by atoms with van der Waals surface area (Å²) in [7, 11) is 0.